The zero-order valence-corrected chi connectivity index (χ0v) is 47.7. The number of fused-ring (bicyclic) bond motifs is 9. The van der Waals surface area contributed by atoms with E-state index in [0.717, 1.165) is 11.4 Å². The molecule has 14 aromatic carbocycles. The summed E-state index contributed by atoms with van der Waals surface area (Å²) in [6.45, 7) is 0. The lowest BCUT2D eigenvalue weighted by Crippen LogP contribution is -2.28. The normalized spacial score (nSPS) is 12.5. The molecule has 0 atom stereocenters. The van der Waals surface area contributed by atoms with Crippen LogP contribution < -0.4 is 0 Å². The molecule has 0 spiro atoms. The van der Waals surface area contributed by atoms with Gasteiger partial charge in [-0.2, -0.15) is 0 Å². The van der Waals surface area contributed by atoms with Crippen molar-refractivity contribution in [1.82, 2.24) is 9.13 Å². The Hall–Kier alpha value is -11.3. The summed E-state index contributed by atoms with van der Waals surface area (Å²) in [6.07, 6.45) is 0. The maximum absolute atomic E-state index is 2.46. The van der Waals surface area contributed by atoms with Gasteiger partial charge in [-0.25, -0.2) is 0 Å². The van der Waals surface area contributed by atoms with Crippen LogP contribution in [0.4, 0.5) is 0 Å². The van der Waals surface area contributed by atoms with Gasteiger partial charge in [0, 0.05) is 32.8 Å². The summed E-state index contributed by atoms with van der Waals surface area (Å²) in [5.74, 6) is 0. The standard InChI is InChI=1S/C85H56N2/c1-3-18-57(19-4-1)61-42-48-68(49-43-61)85(78-29-12-7-25-72(78)73-26-8-13-30-79(73)85)69-23-17-22-65(54-69)63-36-34-59(35-37-63)60-38-40-64(41-39-60)71-24-9-14-31-80(71)87-82-33-16-11-28-75(82)77-56-67(47-53-84(77)87)66-46-52-83-76(55-66)74-27-10-15-32-81(74)86(83)70-50-44-62(45-51-70)58-20-5-2-6-21-58/h1-56H. The molecule has 406 valence electrons. The number of hydrogen-bond acceptors (Lipinski definition) is 0. The third-order valence-corrected chi connectivity index (χ3v) is 18.5. The van der Waals surface area contributed by atoms with Crippen molar-refractivity contribution in [2.45, 2.75) is 5.41 Å². The van der Waals surface area contributed by atoms with Crippen molar-refractivity contribution in [3.05, 3.63) is 362 Å². The van der Waals surface area contributed by atoms with Gasteiger partial charge in [0.05, 0.1) is 33.2 Å². The lowest BCUT2D eigenvalue weighted by Gasteiger charge is -2.34. The van der Waals surface area contributed by atoms with E-state index < -0.39 is 5.41 Å². The Morgan fingerprint density at radius 2 is 0.563 bits per heavy atom. The molecule has 2 aromatic heterocycles. The average molecular weight is 1110 g/mol. The highest BCUT2D eigenvalue weighted by Crippen LogP contribution is 2.56. The molecule has 0 radical (unpaired) electrons. The number of nitrogens with zero attached hydrogens (tertiary/aromatic N) is 2. The SMILES string of the molecule is c1ccc(-c2ccc(-n3c4ccccc4c4cc(-c5ccc6c(c5)c5ccccc5n6-c5ccccc5-c5ccc(-c6ccc(-c7cccc(C8(c9ccc(-c%10ccccc%10)cc9)c9ccccc9-c9ccccc98)c7)cc6)cc5)ccc43)cc2)cc1. The Balaban J connectivity index is 0.682. The van der Waals surface area contributed by atoms with Gasteiger partial charge >= 0.3 is 0 Å². The van der Waals surface area contributed by atoms with E-state index in [0.29, 0.717) is 0 Å². The van der Waals surface area contributed by atoms with Gasteiger partial charge in [0.1, 0.15) is 0 Å². The largest absolute Gasteiger partial charge is 0.309 e. The van der Waals surface area contributed by atoms with Crippen LogP contribution in [0, 0.1) is 0 Å². The first-order valence-corrected chi connectivity index (χ1v) is 30.1. The Morgan fingerprint density at radius 1 is 0.195 bits per heavy atom. The molecule has 87 heavy (non-hydrogen) atoms. The Morgan fingerprint density at radius 3 is 1.13 bits per heavy atom. The van der Waals surface area contributed by atoms with E-state index in [1.807, 2.05) is 0 Å². The maximum atomic E-state index is 2.46. The molecule has 0 amide bonds. The van der Waals surface area contributed by atoms with Crippen molar-refractivity contribution in [2.75, 3.05) is 0 Å². The molecular weight excluding hydrogens is 1050 g/mol. The minimum absolute atomic E-state index is 0.496. The molecule has 17 rings (SSSR count). The van der Waals surface area contributed by atoms with Crippen LogP contribution in [-0.2, 0) is 5.41 Å². The Labute approximate surface area is 506 Å². The molecule has 2 heteroatoms. The molecule has 0 saturated carbocycles. The second kappa shape index (κ2) is 20.5. The summed E-state index contributed by atoms with van der Waals surface area (Å²) in [7, 11) is 0. The highest BCUT2D eigenvalue weighted by Gasteiger charge is 2.46. The number of hydrogen-bond donors (Lipinski definition) is 0. The summed E-state index contributed by atoms with van der Waals surface area (Å²) in [5.41, 5.74) is 28.6. The van der Waals surface area contributed by atoms with E-state index in [-0.39, 0.29) is 0 Å². The van der Waals surface area contributed by atoms with Crippen LogP contribution in [0.15, 0.2) is 340 Å². The van der Waals surface area contributed by atoms with E-state index >= 15 is 0 Å². The molecule has 0 N–H and O–H groups in total. The van der Waals surface area contributed by atoms with Gasteiger partial charge in [0.25, 0.3) is 0 Å². The van der Waals surface area contributed by atoms with Crippen LogP contribution >= 0.6 is 0 Å². The predicted octanol–water partition coefficient (Wildman–Crippen LogP) is 22.2. The predicted molar refractivity (Wildman–Crippen MR) is 365 cm³/mol. The lowest BCUT2D eigenvalue weighted by molar-refractivity contribution is 0.769. The number of rotatable bonds is 10. The summed E-state index contributed by atoms with van der Waals surface area (Å²) >= 11 is 0. The molecule has 0 bridgehead atoms. The van der Waals surface area contributed by atoms with E-state index in [1.54, 1.807) is 0 Å². The topological polar surface area (TPSA) is 9.86 Å². The quantitative estimate of drug-likeness (QED) is 0.129. The van der Waals surface area contributed by atoms with Crippen LogP contribution in [0.2, 0.25) is 0 Å². The molecular formula is C85H56N2. The fourth-order valence-electron chi connectivity index (χ4n) is 14.4. The van der Waals surface area contributed by atoms with E-state index in [1.165, 1.54) is 144 Å². The fourth-order valence-corrected chi connectivity index (χ4v) is 14.4. The second-order valence-corrected chi connectivity index (χ2v) is 23.1. The number of para-hydroxylation sites is 3. The van der Waals surface area contributed by atoms with Crippen LogP contribution in [0.25, 0.3) is 133 Å². The smallest absolute Gasteiger partial charge is 0.0713 e. The van der Waals surface area contributed by atoms with Crippen molar-refractivity contribution >= 4 is 43.6 Å². The fraction of sp³-hybridized carbons (Fsp3) is 0.0118. The molecule has 0 saturated heterocycles. The highest BCUT2D eigenvalue weighted by molar-refractivity contribution is 6.13. The Bertz CT molecular complexity index is 5230. The second-order valence-electron chi connectivity index (χ2n) is 23.1. The first kappa shape index (κ1) is 50.2. The zero-order chi connectivity index (χ0) is 57.4. The van der Waals surface area contributed by atoms with Crippen LogP contribution in [0.3, 0.4) is 0 Å². The van der Waals surface area contributed by atoms with Gasteiger partial charge in [-0.3, -0.25) is 0 Å². The lowest BCUT2D eigenvalue weighted by atomic mass is 9.67. The van der Waals surface area contributed by atoms with E-state index in [2.05, 4.69) is 349 Å². The molecule has 2 heterocycles. The molecule has 16 aromatic rings. The monoisotopic (exact) mass is 1100 g/mol. The van der Waals surface area contributed by atoms with Crippen molar-refractivity contribution in [1.29, 1.82) is 0 Å². The van der Waals surface area contributed by atoms with Gasteiger partial charge in [0.2, 0.25) is 0 Å². The molecule has 0 fully saturated rings. The van der Waals surface area contributed by atoms with Crippen molar-refractivity contribution in [2.24, 2.45) is 0 Å². The molecule has 0 aliphatic heterocycles. The van der Waals surface area contributed by atoms with Crippen molar-refractivity contribution < 1.29 is 0 Å². The van der Waals surface area contributed by atoms with Crippen LogP contribution in [0.1, 0.15) is 22.3 Å². The molecule has 1 aliphatic rings. The van der Waals surface area contributed by atoms with Gasteiger partial charge in [0.15, 0.2) is 0 Å². The number of benzene rings is 14. The minimum atomic E-state index is -0.496. The molecule has 0 unspecified atom stereocenters. The highest BCUT2D eigenvalue weighted by atomic mass is 15.0. The average Bonchev–Trinajstić information content (AvgIpc) is 1.63. The van der Waals surface area contributed by atoms with Crippen molar-refractivity contribution in [3.8, 4) is 89.3 Å². The van der Waals surface area contributed by atoms with Crippen LogP contribution in [0.5, 0.6) is 0 Å². The van der Waals surface area contributed by atoms with Gasteiger partial charge in [-0.05, 0) is 155 Å². The van der Waals surface area contributed by atoms with Crippen LogP contribution in [-0.4, -0.2) is 9.13 Å². The van der Waals surface area contributed by atoms with Gasteiger partial charge in [-0.1, -0.05) is 279 Å². The molecule has 1 aliphatic carbocycles. The summed E-state index contributed by atoms with van der Waals surface area (Å²) in [5, 5.41) is 4.94. The number of aromatic nitrogens is 2. The van der Waals surface area contributed by atoms with Gasteiger partial charge < -0.3 is 9.13 Å². The first-order valence-electron chi connectivity index (χ1n) is 30.1. The minimum Gasteiger partial charge on any atom is -0.309 e. The van der Waals surface area contributed by atoms with Crippen molar-refractivity contribution in [3.63, 3.8) is 0 Å². The third kappa shape index (κ3) is 8.17. The summed E-state index contributed by atoms with van der Waals surface area (Å²) < 4.78 is 4.86. The summed E-state index contributed by atoms with van der Waals surface area (Å²) in [6, 6.07) is 125. The third-order valence-electron chi connectivity index (χ3n) is 18.5. The molecule has 2 nitrogen and oxygen atoms in total. The summed E-state index contributed by atoms with van der Waals surface area (Å²) in [4.78, 5) is 0. The Kier molecular flexibility index (Phi) is 11.8. The van der Waals surface area contributed by atoms with E-state index in [9.17, 15) is 0 Å². The zero-order valence-electron chi connectivity index (χ0n) is 47.7. The van der Waals surface area contributed by atoms with E-state index in [4.69, 9.17) is 0 Å². The first-order chi connectivity index (χ1) is 43.1. The van der Waals surface area contributed by atoms with Gasteiger partial charge in [-0.15, -0.1) is 0 Å². The maximum Gasteiger partial charge on any atom is 0.0713 e.